The average molecular weight is 790 g/mol. The van der Waals surface area contributed by atoms with E-state index in [2.05, 4.69) is 0 Å². The van der Waals surface area contributed by atoms with Crippen molar-refractivity contribution in [2.75, 3.05) is 45.3 Å². The van der Waals surface area contributed by atoms with Crippen molar-refractivity contribution in [3.8, 4) is 11.5 Å². The van der Waals surface area contributed by atoms with Gasteiger partial charge in [-0.2, -0.15) is 8.42 Å². The summed E-state index contributed by atoms with van der Waals surface area (Å²) >= 11 is 0. The van der Waals surface area contributed by atoms with Gasteiger partial charge in [-0.1, -0.05) is 43.4 Å². The van der Waals surface area contributed by atoms with Gasteiger partial charge < -0.3 is 37.9 Å². The Morgan fingerprint density at radius 2 is 1.75 bits per heavy atom. The summed E-state index contributed by atoms with van der Waals surface area (Å²) < 4.78 is 76.0. The number of anilines is 1. The van der Waals surface area contributed by atoms with Gasteiger partial charge in [0.15, 0.2) is 12.6 Å². The molecule has 0 aromatic heterocycles. The van der Waals surface area contributed by atoms with Crippen LogP contribution in [-0.2, 0) is 49.3 Å². The lowest BCUT2D eigenvalue weighted by atomic mass is 9.98. The third-order valence-electron chi connectivity index (χ3n) is 8.64. The molecule has 0 aliphatic carbocycles. The molecule has 1 amide bonds. The molecule has 14 nitrogen and oxygen atoms in total. The van der Waals surface area contributed by atoms with Crippen molar-refractivity contribution in [2.45, 2.75) is 97.3 Å². The fourth-order valence-electron chi connectivity index (χ4n) is 5.89. The van der Waals surface area contributed by atoms with E-state index in [-0.39, 0.29) is 42.9 Å². The van der Waals surface area contributed by atoms with Gasteiger partial charge in [0.1, 0.15) is 41.0 Å². The molecule has 0 bridgehead atoms. The van der Waals surface area contributed by atoms with Crippen LogP contribution in [0.15, 0.2) is 54.6 Å². The average Bonchev–Trinajstić information content (AvgIpc) is 3.40. The zero-order valence-corrected chi connectivity index (χ0v) is 34.2. The lowest BCUT2D eigenvalue weighted by Crippen LogP contribution is -2.39. The van der Waals surface area contributed by atoms with Crippen molar-refractivity contribution in [3.63, 3.8) is 0 Å². The molecule has 0 unspecified atom stereocenters. The Hall–Kier alpha value is -3.99. The predicted octanol–water partition coefficient (Wildman–Crippen LogP) is 6.66. The van der Waals surface area contributed by atoms with Crippen LogP contribution in [0.1, 0.15) is 76.4 Å². The standard InChI is InChI=1S/C40H55NO13S/c1-26-14-19-32(48-24-28-15-17-31(47-9)18-16-28)36-33(52-40(6,7)53-36)13-11-12-29-22-30(23-34(49-25-46-8)35(29)37(42)51-27(26)2)41(20-21-50-55(10,44)45)38(43)54-39(3,4)5/h11-12,14-19,22-23,26-27,32-33,36H,13,20-21,24-25H2,1-10H3/b12-11+,19-14-/t26-,27+,32-,33+,36-/m1/s1. The van der Waals surface area contributed by atoms with Crippen LogP contribution >= 0.6 is 0 Å². The number of cyclic esters (lactones) is 1. The van der Waals surface area contributed by atoms with Gasteiger partial charge in [-0.05, 0) is 77.3 Å². The fourth-order valence-corrected chi connectivity index (χ4v) is 6.27. The highest BCUT2D eigenvalue weighted by molar-refractivity contribution is 7.85. The summed E-state index contributed by atoms with van der Waals surface area (Å²) in [5.74, 6) is -1.04. The highest BCUT2D eigenvalue weighted by Gasteiger charge is 2.44. The minimum Gasteiger partial charge on any atom is -0.497 e. The second-order valence-corrected chi connectivity index (χ2v) is 16.5. The number of esters is 1. The first-order valence-corrected chi connectivity index (χ1v) is 19.9. The summed E-state index contributed by atoms with van der Waals surface area (Å²) in [6, 6.07) is 10.7. The van der Waals surface area contributed by atoms with Crippen molar-refractivity contribution >= 4 is 33.9 Å². The molecule has 0 radical (unpaired) electrons. The summed E-state index contributed by atoms with van der Waals surface area (Å²) in [6.07, 6.45) is 5.83. The molecule has 2 heterocycles. The summed E-state index contributed by atoms with van der Waals surface area (Å²) in [6.45, 7) is 12.0. The Labute approximate surface area is 324 Å². The van der Waals surface area contributed by atoms with Crippen LogP contribution in [0.2, 0.25) is 0 Å². The Morgan fingerprint density at radius 1 is 1.04 bits per heavy atom. The van der Waals surface area contributed by atoms with Crippen LogP contribution in [0.4, 0.5) is 10.5 Å². The monoisotopic (exact) mass is 789 g/mol. The van der Waals surface area contributed by atoms with E-state index in [1.54, 1.807) is 46.9 Å². The number of ether oxygens (including phenoxy) is 8. The lowest BCUT2D eigenvalue weighted by molar-refractivity contribution is -0.156. The molecule has 2 aliphatic rings. The normalized spacial score (nSPS) is 24.0. The second kappa shape index (κ2) is 18.8. The number of carbonyl (C=O) groups excluding carboxylic acids is 2. The second-order valence-electron chi connectivity index (χ2n) is 14.9. The van der Waals surface area contributed by atoms with E-state index in [1.165, 1.54) is 18.1 Å². The van der Waals surface area contributed by atoms with Crippen LogP contribution in [0.25, 0.3) is 6.08 Å². The van der Waals surface area contributed by atoms with E-state index < -0.39 is 58.0 Å². The smallest absolute Gasteiger partial charge is 0.414 e. The zero-order valence-electron chi connectivity index (χ0n) is 33.4. The largest absolute Gasteiger partial charge is 0.497 e. The summed E-state index contributed by atoms with van der Waals surface area (Å²) in [4.78, 5) is 28.9. The first kappa shape index (κ1) is 43.7. The van der Waals surface area contributed by atoms with Gasteiger partial charge in [0, 0.05) is 19.1 Å². The topological polar surface area (TPSA) is 155 Å². The molecule has 2 aliphatic heterocycles. The van der Waals surface area contributed by atoms with E-state index >= 15 is 0 Å². The predicted molar refractivity (Wildman–Crippen MR) is 206 cm³/mol. The van der Waals surface area contributed by atoms with E-state index in [4.69, 9.17) is 42.1 Å². The number of methoxy groups -OCH3 is 2. The number of fused-ring (bicyclic) bond motifs is 2. The molecule has 1 saturated heterocycles. The van der Waals surface area contributed by atoms with Crippen molar-refractivity contribution < 1.29 is 60.1 Å². The van der Waals surface area contributed by atoms with E-state index in [0.29, 0.717) is 18.6 Å². The molecule has 2 aromatic rings. The van der Waals surface area contributed by atoms with Crippen molar-refractivity contribution in [2.24, 2.45) is 5.92 Å². The number of benzene rings is 2. The van der Waals surface area contributed by atoms with Crippen LogP contribution < -0.4 is 14.4 Å². The molecule has 2 aromatic carbocycles. The van der Waals surface area contributed by atoms with Gasteiger partial charge in [0.25, 0.3) is 10.1 Å². The van der Waals surface area contributed by atoms with E-state index in [1.807, 2.05) is 63.3 Å². The Morgan fingerprint density at radius 3 is 2.38 bits per heavy atom. The minimum absolute atomic E-state index is 0.0653. The van der Waals surface area contributed by atoms with E-state index in [0.717, 1.165) is 17.6 Å². The van der Waals surface area contributed by atoms with Crippen molar-refractivity contribution in [1.29, 1.82) is 0 Å². The van der Waals surface area contributed by atoms with Gasteiger partial charge in [0.05, 0.1) is 44.9 Å². The van der Waals surface area contributed by atoms with Gasteiger partial charge in [-0.15, -0.1) is 0 Å². The van der Waals surface area contributed by atoms with Crippen molar-refractivity contribution in [1.82, 2.24) is 0 Å². The third-order valence-corrected chi connectivity index (χ3v) is 9.24. The minimum atomic E-state index is -3.82. The fraction of sp³-hybridized carbons (Fsp3) is 0.550. The highest BCUT2D eigenvalue weighted by atomic mass is 32.2. The molecule has 0 N–H and O–H groups in total. The molecular formula is C40H55NO13S. The molecule has 15 heteroatoms. The van der Waals surface area contributed by atoms with Crippen LogP contribution in [0.5, 0.6) is 11.5 Å². The lowest BCUT2D eigenvalue weighted by Gasteiger charge is -2.28. The molecule has 1 fully saturated rings. The highest BCUT2D eigenvalue weighted by Crippen LogP contribution is 2.36. The number of nitrogens with zero attached hydrogens (tertiary/aromatic N) is 1. The van der Waals surface area contributed by atoms with Gasteiger partial charge >= 0.3 is 12.1 Å². The number of hydrogen-bond acceptors (Lipinski definition) is 13. The summed E-state index contributed by atoms with van der Waals surface area (Å²) in [5.41, 5.74) is 0.743. The van der Waals surface area contributed by atoms with Gasteiger partial charge in [0.2, 0.25) is 0 Å². The molecule has 0 spiro atoms. The molecule has 0 saturated carbocycles. The Balaban J connectivity index is 1.79. The Bertz CT molecular complexity index is 1780. The van der Waals surface area contributed by atoms with Gasteiger partial charge in [-0.25, -0.2) is 9.59 Å². The maximum Gasteiger partial charge on any atom is 0.414 e. The van der Waals surface area contributed by atoms with Crippen LogP contribution in [-0.4, -0.2) is 96.7 Å². The molecule has 304 valence electrons. The molecule has 4 rings (SSSR count). The Kier molecular flexibility index (Phi) is 14.9. The zero-order chi connectivity index (χ0) is 40.6. The maximum atomic E-state index is 14.1. The molecule has 55 heavy (non-hydrogen) atoms. The first-order chi connectivity index (χ1) is 25.8. The summed E-state index contributed by atoms with van der Waals surface area (Å²) in [5, 5.41) is 0. The van der Waals surface area contributed by atoms with Gasteiger partial charge in [-0.3, -0.25) is 9.08 Å². The number of hydrogen-bond donors (Lipinski definition) is 0. The van der Waals surface area contributed by atoms with E-state index in [9.17, 15) is 18.0 Å². The maximum absolute atomic E-state index is 14.1. The number of amides is 1. The summed E-state index contributed by atoms with van der Waals surface area (Å²) in [7, 11) is -0.769. The van der Waals surface area contributed by atoms with Crippen LogP contribution in [0.3, 0.4) is 0 Å². The quantitative estimate of drug-likeness (QED) is 0.0976. The van der Waals surface area contributed by atoms with Crippen molar-refractivity contribution in [3.05, 3.63) is 71.3 Å². The first-order valence-electron chi connectivity index (χ1n) is 18.1. The molecule has 5 atom stereocenters. The third kappa shape index (κ3) is 13.0. The van der Waals surface area contributed by atoms with Crippen LogP contribution in [0, 0.1) is 5.92 Å². The number of carbonyl (C=O) groups is 2. The number of rotatable bonds is 12. The SMILES string of the molecule is COCOc1cc(N(CCOS(C)(=O)=O)C(=O)OC(C)(C)C)cc2c1C(=O)O[C@@H](C)[C@H](C)/C=C\[C@@H](OCc1ccc(OC)cc1)[C@H]1OC(C)(C)O[C@H]1C/C=C/2. The molecular weight excluding hydrogens is 735 g/mol.